The standard InChI is InChI=1S/C17H19NO3S2/c1-10-4-6-12(23(3,20)21)8-15(10)18-17(19)14-9-13(14)16-7-5-11(2)22-16/h4-8,13-14H,9H2,1-3H3,(H,18,19)/t13-,14-/m0/s1. The molecule has 1 aromatic carbocycles. The summed E-state index contributed by atoms with van der Waals surface area (Å²) < 4.78 is 23.3. The Kier molecular flexibility index (Phi) is 4.06. The normalized spacial score (nSPS) is 20.3. The van der Waals surface area contributed by atoms with Gasteiger partial charge in [0.15, 0.2) is 9.84 Å². The summed E-state index contributed by atoms with van der Waals surface area (Å²) in [5.74, 6) is 0.247. The van der Waals surface area contributed by atoms with E-state index in [-0.39, 0.29) is 16.7 Å². The van der Waals surface area contributed by atoms with Gasteiger partial charge >= 0.3 is 0 Å². The van der Waals surface area contributed by atoms with E-state index in [9.17, 15) is 13.2 Å². The molecule has 4 nitrogen and oxygen atoms in total. The Labute approximate surface area is 140 Å². The fourth-order valence-electron chi connectivity index (χ4n) is 2.64. The number of amides is 1. The lowest BCUT2D eigenvalue weighted by molar-refractivity contribution is -0.117. The Bertz CT molecular complexity index is 868. The summed E-state index contributed by atoms with van der Waals surface area (Å²) in [6.07, 6.45) is 2.02. The van der Waals surface area contributed by atoms with Gasteiger partial charge in [-0.1, -0.05) is 6.07 Å². The second-order valence-corrected chi connectivity index (χ2v) is 9.47. The SMILES string of the molecule is Cc1ccc([C@H]2C[C@@H]2C(=O)Nc2cc(S(C)(=O)=O)ccc2C)s1. The van der Waals surface area contributed by atoms with E-state index in [0.29, 0.717) is 11.6 Å². The molecule has 2 aromatic rings. The van der Waals surface area contributed by atoms with Gasteiger partial charge in [-0.3, -0.25) is 4.79 Å². The molecular weight excluding hydrogens is 330 g/mol. The van der Waals surface area contributed by atoms with Crippen molar-refractivity contribution in [3.05, 3.63) is 45.6 Å². The van der Waals surface area contributed by atoms with Gasteiger partial charge in [0.25, 0.3) is 0 Å². The van der Waals surface area contributed by atoms with E-state index < -0.39 is 9.84 Å². The Morgan fingerprint density at radius 2 is 1.96 bits per heavy atom. The maximum atomic E-state index is 12.4. The fourth-order valence-corrected chi connectivity index (χ4v) is 4.35. The van der Waals surface area contributed by atoms with Crippen LogP contribution in [0.15, 0.2) is 35.2 Å². The van der Waals surface area contributed by atoms with Gasteiger partial charge in [-0.2, -0.15) is 0 Å². The van der Waals surface area contributed by atoms with Crippen LogP contribution in [0.2, 0.25) is 0 Å². The molecule has 122 valence electrons. The quantitative estimate of drug-likeness (QED) is 0.919. The zero-order valence-electron chi connectivity index (χ0n) is 13.3. The molecule has 0 unspecified atom stereocenters. The average Bonchev–Trinajstić information content (AvgIpc) is 3.15. The number of benzene rings is 1. The summed E-state index contributed by atoms with van der Waals surface area (Å²) in [7, 11) is -3.28. The molecule has 0 saturated heterocycles. The maximum absolute atomic E-state index is 12.4. The van der Waals surface area contributed by atoms with Crippen LogP contribution in [0, 0.1) is 19.8 Å². The second kappa shape index (κ2) is 5.76. The van der Waals surface area contributed by atoms with Gasteiger partial charge in [-0.25, -0.2) is 8.42 Å². The largest absolute Gasteiger partial charge is 0.326 e. The highest BCUT2D eigenvalue weighted by Crippen LogP contribution is 2.50. The molecule has 1 saturated carbocycles. The summed E-state index contributed by atoms with van der Waals surface area (Å²) in [5, 5.41) is 2.89. The highest BCUT2D eigenvalue weighted by molar-refractivity contribution is 7.90. The Balaban J connectivity index is 1.74. The number of rotatable bonds is 4. The van der Waals surface area contributed by atoms with Crippen LogP contribution in [0.4, 0.5) is 5.69 Å². The molecule has 1 heterocycles. The number of anilines is 1. The smallest absolute Gasteiger partial charge is 0.228 e. The van der Waals surface area contributed by atoms with E-state index in [0.717, 1.165) is 12.0 Å². The number of hydrogen-bond acceptors (Lipinski definition) is 4. The van der Waals surface area contributed by atoms with Crippen molar-refractivity contribution in [1.82, 2.24) is 0 Å². The Morgan fingerprint density at radius 1 is 1.22 bits per heavy atom. The molecule has 1 aromatic heterocycles. The van der Waals surface area contributed by atoms with E-state index >= 15 is 0 Å². The van der Waals surface area contributed by atoms with Crippen molar-refractivity contribution >= 4 is 32.8 Å². The van der Waals surface area contributed by atoms with Crippen molar-refractivity contribution in [3.8, 4) is 0 Å². The highest BCUT2D eigenvalue weighted by atomic mass is 32.2. The van der Waals surface area contributed by atoms with Gasteiger partial charge in [0.2, 0.25) is 5.91 Å². The molecule has 1 aliphatic carbocycles. The average molecular weight is 349 g/mol. The van der Waals surface area contributed by atoms with Crippen molar-refractivity contribution in [2.24, 2.45) is 5.92 Å². The highest BCUT2D eigenvalue weighted by Gasteiger charge is 2.44. The van der Waals surface area contributed by atoms with E-state index in [4.69, 9.17) is 0 Å². The van der Waals surface area contributed by atoms with Crippen LogP contribution in [0.1, 0.15) is 27.7 Å². The molecule has 6 heteroatoms. The number of hydrogen-bond donors (Lipinski definition) is 1. The zero-order chi connectivity index (χ0) is 16.8. The van der Waals surface area contributed by atoms with Crippen LogP contribution in [-0.2, 0) is 14.6 Å². The van der Waals surface area contributed by atoms with Gasteiger partial charge < -0.3 is 5.32 Å². The predicted octanol–water partition coefficient (Wildman–Crippen LogP) is 3.51. The summed E-state index contributed by atoms with van der Waals surface area (Å²) in [4.78, 5) is 15.2. The fraction of sp³-hybridized carbons (Fsp3) is 0.353. The van der Waals surface area contributed by atoms with Crippen LogP contribution in [0.3, 0.4) is 0 Å². The third kappa shape index (κ3) is 3.48. The van der Waals surface area contributed by atoms with E-state index in [1.807, 2.05) is 6.92 Å². The first-order valence-electron chi connectivity index (χ1n) is 7.43. The van der Waals surface area contributed by atoms with Crippen molar-refractivity contribution in [1.29, 1.82) is 0 Å². The predicted molar refractivity (Wildman–Crippen MR) is 92.8 cm³/mol. The minimum Gasteiger partial charge on any atom is -0.326 e. The lowest BCUT2D eigenvalue weighted by Gasteiger charge is -2.10. The first-order valence-corrected chi connectivity index (χ1v) is 10.1. The minimum absolute atomic E-state index is 0.0191. The molecule has 0 aliphatic heterocycles. The molecule has 0 bridgehead atoms. The summed E-state index contributed by atoms with van der Waals surface area (Å²) in [6.45, 7) is 3.92. The number of aryl methyl sites for hydroxylation is 2. The topological polar surface area (TPSA) is 63.2 Å². The number of thiophene rings is 1. The molecule has 1 fully saturated rings. The molecule has 1 amide bonds. The van der Waals surface area contributed by atoms with Gasteiger partial charge in [0.05, 0.1) is 4.90 Å². The number of nitrogens with one attached hydrogen (secondary N) is 1. The van der Waals surface area contributed by atoms with Crippen LogP contribution in [-0.4, -0.2) is 20.6 Å². The van der Waals surface area contributed by atoms with Gasteiger partial charge in [0.1, 0.15) is 0 Å². The van der Waals surface area contributed by atoms with Crippen molar-refractivity contribution < 1.29 is 13.2 Å². The zero-order valence-corrected chi connectivity index (χ0v) is 14.9. The second-order valence-electron chi connectivity index (χ2n) is 6.14. The third-order valence-corrected chi connectivity index (χ3v) is 6.39. The molecule has 2 atom stereocenters. The Hall–Kier alpha value is -1.66. The van der Waals surface area contributed by atoms with E-state index in [1.165, 1.54) is 22.1 Å². The molecule has 0 radical (unpaired) electrons. The molecule has 0 spiro atoms. The molecular formula is C17H19NO3S2. The van der Waals surface area contributed by atoms with E-state index in [1.54, 1.807) is 23.5 Å². The molecule has 1 N–H and O–H groups in total. The third-order valence-electron chi connectivity index (χ3n) is 4.15. The van der Waals surface area contributed by atoms with Gasteiger partial charge in [-0.05, 0) is 50.1 Å². The lowest BCUT2D eigenvalue weighted by Crippen LogP contribution is -2.15. The summed E-state index contributed by atoms with van der Waals surface area (Å²) >= 11 is 1.74. The number of carbonyl (C=O) groups excluding carboxylic acids is 1. The first kappa shape index (κ1) is 16.2. The van der Waals surface area contributed by atoms with Gasteiger partial charge in [0, 0.05) is 33.5 Å². The van der Waals surface area contributed by atoms with E-state index in [2.05, 4.69) is 24.4 Å². The van der Waals surface area contributed by atoms with Crippen molar-refractivity contribution in [2.45, 2.75) is 31.1 Å². The first-order chi connectivity index (χ1) is 10.8. The Morgan fingerprint density at radius 3 is 2.57 bits per heavy atom. The number of sulfone groups is 1. The minimum atomic E-state index is -3.28. The van der Waals surface area contributed by atoms with Gasteiger partial charge in [-0.15, -0.1) is 11.3 Å². The van der Waals surface area contributed by atoms with Crippen molar-refractivity contribution in [2.75, 3.05) is 11.6 Å². The summed E-state index contributed by atoms with van der Waals surface area (Å²) in [6, 6.07) is 8.99. The molecule has 23 heavy (non-hydrogen) atoms. The van der Waals surface area contributed by atoms with Crippen LogP contribution >= 0.6 is 11.3 Å². The molecule has 3 rings (SSSR count). The number of carbonyl (C=O) groups is 1. The lowest BCUT2D eigenvalue weighted by atomic mass is 10.2. The maximum Gasteiger partial charge on any atom is 0.228 e. The summed E-state index contributed by atoms with van der Waals surface area (Å²) in [5.41, 5.74) is 1.43. The van der Waals surface area contributed by atoms with Crippen molar-refractivity contribution in [3.63, 3.8) is 0 Å². The molecule has 1 aliphatic rings. The van der Waals surface area contributed by atoms with Crippen LogP contribution in [0.25, 0.3) is 0 Å². The van der Waals surface area contributed by atoms with Crippen LogP contribution < -0.4 is 5.32 Å². The monoisotopic (exact) mass is 349 g/mol. The van der Waals surface area contributed by atoms with Crippen LogP contribution in [0.5, 0.6) is 0 Å².